The first-order chi connectivity index (χ1) is 9.63. The van der Waals surface area contributed by atoms with E-state index in [2.05, 4.69) is 10.6 Å². The van der Waals surface area contributed by atoms with Crippen LogP contribution >= 0.6 is 12.2 Å². The van der Waals surface area contributed by atoms with E-state index in [0.29, 0.717) is 10.6 Å². The average molecular weight is 287 g/mol. The van der Waals surface area contributed by atoms with E-state index < -0.39 is 0 Å². The SMILES string of the molecule is COc1ccccc1C(C)NC(=O)C1=CC=C[N]C1=S. The van der Waals surface area contributed by atoms with Crippen LogP contribution in [-0.2, 0) is 4.79 Å². The lowest BCUT2D eigenvalue weighted by Crippen LogP contribution is -2.32. The van der Waals surface area contributed by atoms with Crippen molar-refractivity contribution >= 4 is 23.1 Å². The summed E-state index contributed by atoms with van der Waals surface area (Å²) < 4.78 is 5.29. The van der Waals surface area contributed by atoms with Gasteiger partial charge in [-0.15, -0.1) is 0 Å². The first-order valence-corrected chi connectivity index (χ1v) is 6.60. The van der Waals surface area contributed by atoms with Crippen molar-refractivity contribution in [2.45, 2.75) is 13.0 Å². The third-order valence-electron chi connectivity index (χ3n) is 2.97. The van der Waals surface area contributed by atoms with Gasteiger partial charge in [0, 0.05) is 11.8 Å². The molecule has 1 atom stereocenters. The largest absolute Gasteiger partial charge is 0.496 e. The number of nitrogens with one attached hydrogen (secondary N) is 1. The molecule has 0 saturated carbocycles. The number of carbonyl (C=O) groups is 1. The lowest BCUT2D eigenvalue weighted by molar-refractivity contribution is -0.117. The van der Waals surface area contributed by atoms with Crippen LogP contribution in [0.15, 0.2) is 48.2 Å². The second-order valence-electron chi connectivity index (χ2n) is 4.29. The van der Waals surface area contributed by atoms with Crippen molar-refractivity contribution < 1.29 is 9.53 Å². The smallest absolute Gasteiger partial charge is 0.254 e. The van der Waals surface area contributed by atoms with Crippen LogP contribution in [0.3, 0.4) is 0 Å². The summed E-state index contributed by atoms with van der Waals surface area (Å²) in [6.45, 7) is 1.90. The van der Waals surface area contributed by atoms with E-state index in [9.17, 15) is 4.79 Å². The van der Waals surface area contributed by atoms with Gasteiger partial charge >= 0.3 is 0 Å². The highest BCUT2D eigenvalue weighted by Gasteiger charge is 2.20. The summed E-state index contributed by atoms with van der Waals surface area (Å²) in [6, 6.07) is 7.39. The van der Waals surface area contributed by atoms with Gasteiger partial charge < -0.3 is 10.1 Å². The van der Waals surface area contributed by atoms with Gasteiger partial charge in [0.2, 0.25) is 0 Å². The highest BCUT2D eigenvalue weighted by Crippen LogP contribution is 2.24. The molecule has 4 nitrogen and oxygen atoms in total. The van der Waals surface area contributed by atoms with Crippen LogP contribution in [0.1, 0.15) is 18.5 Å². The van der Waals surface area contributed by atoms with Gasteiger partial charge in [-0.1, -0.05) is 30.4 Å². The number of ether oxygens (including phenoxy) is 1. The fourth-order valence-electron chi connectivity index (χ4n) is 1.94. The van der Waals surface area contributed by atoms with Crippen molar-refractivity contribution in [1.29, 1.82) is 0 Å². The monoisotopic (exact) mass is 287 g/mol. The molecule has 0 bridgehead atoms. The quantitative estimate of drug-likeness (QED) is 0.864. The summed E-state index contributed by atoms with van der Waals surface area (Å²) in [5.41, 5.74) is 1.32. The molecular weight excluding hydrogens is 272 g/mol. The van der Waals surface area contributed by atoms with Gasteiger partial charge in [-0.2, -0.15) is 0 Å². The number of hydrogen-bond acceptors (Lipinski definition) is 3. The molecule has 103 valence electrons. The van der Waals surface area contributed by atoms with Gasteiger partial charge in [0.05, 0.1) is 18.7 Å². The summed E-state index contributed by atoms with van der Waals surface area (Å²) in [6.07, 6.45) is 4.93. The van der Waals surface area contributed by atoms with Gasteiger partial charge in [-0.25, -0.2) is 5.32 Å². The van der Waals surface area contributed by atoms with Crippen molar-refractivity contribution in [2.75, 3.05) is 7.11 Å². The van der Waals surface area contributed by atoms with Crippen LogP contribution in [0.5, 0.6) is 5.75 Å². The van der Waals surface area contributed by atoms with E-state index >= 15 is 0 Å². The Kier molecular flexibility index (Phi) is 4.53. The highest BCUT2D eigenvalue weighted by molar-refractivity contribution is 7.80. The Balaban J connectivity index is 2.13. The second-order valence-corrected chi connectivity index (χ2v) is 4.68. The summed E-state index contributed by atoms with van der Waals surface area (Å²) in [5.74, 6) is 0.506. The average Bonchev–Trinajstić information content (AvgIpc) is 2.47. The maximum Gasteiger partial charge on any atom is 0.254 e. The molecule has 1 unspecified atom stereocenters. The molecule has 1 aliphatic heterocycles. The Morgan fingerprint density at radius 2 is 2.15 bits per heavy atom. The molecule has 1 aromatic rings. The van der Waals surface area contributed by atoms with Gasteiger partial charge in [-0.05, 0) is 25.1 Å². The zero-order valence-corrected chi connectivity index (χ0v) is 12.1. The summed E-state index contributed by atoms with van der Waals surface area (Å²) >= 11 is 5.05. The standard InChI is InChI=1S/C15H15N2O2S/c1-10(11-6-3-4-8-13(11)19-2)17-14(18)12-7-5-9-16-15(12)20/h3-10H,1-2H3,(H,17,18). The van der Waals surface area contributed by atoms with Crippen molar-refractivity contribution in [3.05, 3.63) is 53.8 Å². The number of rotatable bonds is 4. The molecule has 1 N–H and O–H groups in total. The molecule has 1 radical (unpaired) electrons. The number of hydrogen-bond donors (Lipinski definition) is 1. The normalized spacial score (nSPS) is 15.1. The van der Waals surface area contributed by atoms with Crippen molar-refractivity contribution in [3.63, 3.8) is 0 Å². The van der Waals surface area contributed by atoms with E-state index in [1.807, 2.05) is 31.2 Å². The van der Waals surface area contributed by atoms with Gasteiger partial charge in [0.1, 0.15) is 10.7 Å². The number of nitrogens with zero attached hydrogens (tertiary/aromatic N) is 1. The maximum absolute atomic E-state index is 12.2. The molecule has 2 rings (SSSR count). The topological polar surface area (TPSA) is 52.4 Å². The van der Waals surface area contributed by atoms with Crippen LogP contribution in [0.2, 0.25) is 0 Å². The molecule has 0 aromatic heterocycles. The molecule has 1 aromatic carbocycles. The molecule has 1 heterocycles. The molecule has 0 saturated heterocycles. The predicted octanol–water partition coefficient (Wildman–Crippen LogP) is 2.26. The molecule has 0 spiro atoms. The first-order valence-electron chi connectivity index (χ1n) is 6.19. The number of thiocarbonyl (C=S) groups is 1. The Labute approximate surface area is 123 Å². The number of allylic oxidation sites excluding steroid dienone is 2. The third-order valence-corrected chi connectivity index (χ3v) is 3.29. The third kappa shape index (κ3) is 3.05. The van der Waals surface area contributed by atoms with Gasteiger partial charge in [0.15, 0.2) is 0 Å². The molecule has 1 amide bonds. The molecular formula is C15H15N2O2S. The van der Waals surface area contributed by atoms with E-state index in [0.717, 1.165) is 11.3 Å². The number of benzene rings is 1. The fourth-order valence-corrected chi connectivity index (χ4v) is 2.16. The molecule has 0 fully saturated rings. The van der Waals surface area contributed by atoms with Crippen LogP contribution in [0, 0.1) is 0 Å². The van der Waals surface area contributed by atoms with Crippen LogP contribution in [0.25, 0.3) is 0 Å². The lowest BCUT2D eigenvalue weighted by atomic mass is 10.1. The Morgan fingerprint density at radius 1 is 1.40 bits per heavy atom. The first kappa shape index (κ1) is 14.3. The van der Waals surface area contributed by atoms with Crippen molar-refractivity contribution in [1.82, 2.24) is 10.6 Å². The second kappa shape index (κ2) is 6.34. The van der Waals surface area contributed by atoms with E-state index in [-0.39, 0.29) is 11.9 Å². The fraction of sp³-hybridized carbons (Fsp3) is 0.200. The van der Waals surface area contributed by atoms with E-state index in [1.165, 1.54) is 0 Å². The van der Waals surface area contributed by atoms with Gasteiger partial charge in [-0.3, -0.25) is 4.79 Å². The van der Waals surface area contributed by atoms with Crippen molar-refractivity contribution in [2.24, 2.45) is 0 Å². The predicted molar refractivity (Wildman–Crippen MR) is 81.5 cm³/mol. The van der Waals surface area contributed by atoms with Crippen molar-refractivity contribution in [3.8, 4) is 5.75 Å². The minimum atomic E-state index is -0.235. The molecule has 0 aliphatic carbocycles. The van der Waals surface area contributed by atoms with Crippen LogP contribution in [0.4, 0.5) is 0 Å². The zero-order chi connectivity index (χ0) is 14.5. The minimum absolute atomic E-state index is 0.187. The number of amides is 1. The number of para-hydroxylation sites is 1. The summed E-state index contributed by atoms with van der Waals surface area (Å²) in [5, 5.41) is 6.85. The summed E-state index contributed by atoms with van der Waals surface area (Å²) in [4.78, 5) is 12.5. The highest BCUT2D eigenvalue weighted by atomic mass is 32.1. The minimum Gasteiger partial charge on any atom is -0.496 e. The molecule has 1 aliphatic rings. The van der Waals surface area contributed by atoms with Crippen LogP contribution in [-0.4, -0.2) is 18.0 Å². The van der Waals surface area contributed by atoms with E-state index in [4.69, 9.17) is 17.0 Å². The Morgan fingerprint density at radius 3 is 2.85 bits per heavy atom. The molecule has 5 heteroatoms. The number of carbonyl (C=O) groups excluding carboxylic acids is 1. The lowest BCUT2D eigenvalue weighted by Gasteiger charge is -2.18. The zero-order valence-electron chi connectivity index (χ0n) is 11.3. The maximum atomic E-state index is 12.2. The Bertz CT molecular complexity index is 593. The Hall–Kier alpha value is -2.14. The van der Waals surface area contributed by atoms with E-state index in [1.54, 1.807) is 25.5 Å². The molecule has 20 heavy (non-hydrogen) atoms. The summed E-state index contributed by atoms with van der Waals surface area (Å²) in [7, 11) is 1.61. The van der Waals surface area contributed by atoms with Crippen LogP contribution < -0.4 is 15.4 Å². The number of methoxy groups -OCH3 is 1. The van der Waals surface area contributed by atoms with Gasteiger partial charge in [0.25, 0.3) is 5.91 Å².